The molecular weight excluding hydrogens is 280 g/mol. The molecule has 5 nitrogen and oxygen atoms in total. The molecule has 1 aromatic carbocycles. The van der Waals surface area contributed by atoms with Gasteiger partial charge >= 0.3 is 12.0 Å². The van der Waals surface area contributed by atoms with Gasteiger partial charge in [-0.2, -0.15) is 0 Å². The van der Waals surface area contributed by atoms with Crippen LogP contribution in [0.2, 0.25) is 5.02 Å². The highest BCUT2D eigenvalue weighted by Gasteiger charge is 2.20. The molecule has 2 rings (SSSR count). The maximum atomic E-state index is 12.0. The van der Waals surface area contributed by atoms with Crippen LogP contribution in [0, 0.1) is 0 Å². The molecule has 0 bridgehead atoms. The van der Waals surface area contributed by atoms with E-state index in [0.717, 1.165) is 17.0 Å². The lowest BCUT2D eigenvalue weighted by molar-refractivity contribution is -0.137. The minimum Gasteiger partial charge on any atom is -0.481 e. The van der Waals surface area contributed by atoms with Crippen LogP contribution in [-0.4, -0.2) is 35.1 Å². The summed E-state index contributed by atoms with van der Waals surface area (Å²) < 4.78 is 0. The van der Waals surface area contributed by atoms with Gasteiger partial charge in [0.25, 0.3) is 0 Å². The first kappa shape index (κ1) is 14.7. The summed E-state index contributed by atoms with van der Waals surface area (Å²) in [6.07, 6.45) is 1.31. The second kappa shape index (κ2) is 6.61. The standard InChI is InChI=1S/C14H17ClN2O3/c15-12-4-3-11-9-17(7-5-10(11)8-12)14(20)16-6-1-2-13(18)19/h3-4,8H,1-2,5-7,9H2,(H,16,20)(H,18,19). The summed E-state index contributed by atoms with van der Waals surface area (Å²) in [6, 6.07) is 5.57. The van der Waals surface area contributed by atoms with Gasteiger partial charge in [-0.3, -0.25) is 4.79 Å². The Hall–Kier alpha value is -1.75. The van der Waals surface area contributed by atoms with Gasteiger partial charge in [-0.25, -0.2) is 4.79 Å². The summed E-state index contributed by atoms with van der Waals surface area (Å²) >= 11 is 5.94. The highest BCUT2D eigenvalue weighted by molar-refractivity contribution is 6.30. The number of hydrogen-bond donors (Lipinski definition) is 2. The molecular formula is C14H17ClN2O3. The Balaban J connectivity index is 1.84. The zero-order chi connectivity index (χ0) is 14.5. The molecule has 2 amide bonds. The molecule has 0 saturated carbocycles. The van der Waals surface area contributed by atoms with Crippen molar-refractivity contribution in [2.75, 3.05) is 13.1 Å². The van der Waals surface area contributed by atoms with Crippen LogP contribution in [0.25, 0.3) is 0 Å². The molecule has 2 N–H and O–H groups in total. The number of halogens is 1. The molecule has 1 aliphatic heterocycles. The second-order valence-electron chi connectivity index (χ2n) is 4.81. The Morgan fingerprint density at radius 1 is 1.35 bits per heavy atom. The maximum Gasteiger partial charge on any atom is 0.317 e. The SMILES string of the molecule is O=C(O)CCCNC(=O)N1CCc2cc(Cl)ccc2C1. The summed E-state index contributed by atoms with van der Waals surface area (Å²) in [4.78, 5) is 24.1. The van der Waals surface area contributed by atoms with Crippen molar-refractivity contribution in [3.05, 3.63) is 34.3 Å². The number of carboxylic acids is 1. The van der Waals surface area contributed by atoms with Crippen molar-refractivity contribution in [3.63, 3.8) is 0 Å². The van der Waals surface area contributed by atoms with E-state index in [1.807, 2.05) is 18.2 Å². The van der Waals surface area contributed by atoms with Crippen LogP contribution < -0.4 is 5.32 Å². The largest absolute Gasteiger partial charge is 0.481 e. The van der Waals surface area contributed by atoms with Gasteiger partial charge in [-0.1, -0.05) is 17.7 Å². The second-order valence-corrected chi connectivity index (χ2v) is 5.25. The Labute approximate surface area is 122 Å². The van der Waals surface area contributed by atoms with Gasteiger partial charge in [0.1, 0.15) is 0 Å². The van der Waals surface area contributed by atoms with E-state index in [1.54, 1.807) is 4.90 Å². The van der Waals surface area contributed by atoms with Crippen molar-refractivity contribution in [2.45, 2.75) is 25.8 Å². The van der Waals surface area contributed by atoms with Crippen LogP contribution >= 0.6 is 11.6 Å². The van der Waals surface area contributed by atoms with Crippen molar-refractivity contribution in [1.82, 2.24) is 10.2 Å². The number of urea groups is 1. The normalized spacial score (nSPS) is 13.8. The molecule has 6 heteroatoms. The highest BCUT2D eigenvalue weighted by atomic mass is 35.5. The molecule has 0 atom stereocenters. The van der Waals surface area contributed by atoms with E-state index >= 15 is 0 Å². The fraction of sp³-hybridized carbons (Fsp3) is 0.429. The third-order valence-corrected chi connectivity index (χ3v) is 3.55. The number of rotatable bonds is 4. The third kappa shape index (κ3) is 3.87. The fourth-order valence-electron chi connectivity index (χ4n) is 2.24. The molecule has 1 heterocycles. The number of nitrogens with zero attached hydrogens (tertiary/aromatic N) is 1. The average molecular weight is 297 g/mol. The summed E-state index contributed by atoms with van der Waals surface area (Å²) in [5.74, 6) is -0.844. The summed E-state index contributed by atoms with van der Waals surface area (Å²) in [5.41, 5.74) is 2.30. The van der Waals surface area contributed by atoms with Crippen molar-refractivity contribution >= 4 is 23.6 Å². The molecule has 0 aliphatic carbocycles. The summed E-state index contributed by atoms with van der Waals surface area (Å²) in [5, 5.41) is 12.0. The van der Waals surface area contributed by atoms with Crippen LogP contribution in [0.3, 0.4) is 0 Å². The molecule has 0 unspecified atom stereocenters. The number of nitrogens with one attached hydrogen (secondary N) is 1. The number of aliphatic carboxylic acids is 1. The molecule has 1 aliphatic rings. The minimum absolute atomic E-state index is 0.0710. The molecule has 0 saturated heterocycles. The molecule has 0 fully saturated rings. The lowest BCUT2D eigenvalue weighted by Crippen LogP contribution is -2.43. The maximum absolute atomic E-state index is 12.0. The van der Waals surface area contributed by atoms with Gasteiger partial charge in [0.15, 0.2) is 0 Å². The van der Waals surface area contributed by atoms with Crippen LogP contribution in [0.5, 0.6) is 0 Å². The fourth-order valence-corrected chi connectivity index (χ4v) is 2.44. The van der Waals surface area contributed by atoms with Crippen molar-refractivity contribution in [2.24, 2.45) is 0 Å². The minimum atomic E-state index is -0.844. The monoisotopic (exact) mass is 296 g/mol. The first-order valence-electron chi connectivity index (χ1n) is 6.58. The number of carbonyl (C=O) groups excluding carboxylic acids is 1. The zero-order valence-electron chi connectivity index (χ0n) is 11.1. The lowest BCUT2D eigenvalue weighted by atomic mass is 10.0. The molecule has 108 valence electrons. The van der Waals surface area contributed by atoms with E-state index in [-0.39, 0.29) is 12.5 Å². The molecule has 20 heavy (non-hydrogen) atoms. The van der Waals surface area contributed by atoms with Crippen molar-refractivity contribution < 1.29 is 14.7 Å². The van der Waals surface area contributed by atoms with E-state index in [4.69, 9.17) is 16.7 Å². The molecule has 0 aromatic heterocycles. The van der Waals surface area contributed by atoms with E-state index in [1.165, 1.54) is 5.56 Å². The first-order chi connectivity index (χ1) is 9.56. The van der Waals surface area contributed by atoms with Crippen LogP contribution in [-0.2, 0) is 17.8 Å². The van der Waals surface area contributed by atoms with Gasteiger partial charge in [-0.05, 0) is 36.1 Å². The number of carbonyl (C=O) groups is 2. The summed E-state index contributed by atoms with van der Waals surface area (Å²) in [6.45, 7) is 1.60. The predicted molar refractivity (Wildman–Crippen MR) is 75.8 cm³/mol. The van der Waals surface area contributed by atoms with Gasteiger partial charge in [0.05, 0.1) is 0 Å². The lowest BCUT2D eigenvalue weighted by Gasteiger charge is -2.29. The van der Waals surface area contributed by atoms with Gasteiger partial charge in [0.2, 0.25) is 0 Å². The highest BCUT2D eigenvalue weighted by Crippen LogP contribution is 2.22. The Morgan fingerprint density at radius 3 is 2.90 bits per heavy atom. The van der Waals surface area contributed by atoms with Crippen LogP contribution in [0.4, 0.5) is 4.79 Å². The average Bonchev–Trinajstić information content (AvgIpc) is 2.42. The summed E-state index contributed by atoms with van der Waals surface area (Å²) in [7, 11) is 0. The quantitative estimate of drug-likeness (QED) is 0.838. The van der Waals surface area contributed by atoms with Crippen LogP contribution in [0.15, 0.2) is 18.2 Å². The zero-order valence-corrected chi connectivity index (χ0v) is 11.8. The third-order valence-electron chi connectivity index (χ3n) is 3.31. The Morgan fingerprint density at radius 2 is 2.15 bits per heavy atom. The molecule has 0 radical (unpaired) electrons. The van der Waals surface area contributed by atoms with E-state index in [2.05, 4.69) is 5.32 Å². The number of fused-ring (bicyclic) bond motifs is 1. The number of hydrogen-bond acceptors (Lipinski definition) is 2. The Kier molecular flexibility index (Phi) is 4.84. The smallest absolute Gasteiger partial charge is 0.317 e. The Bertz CT molecular complexity index is 519. The van der Waals surface area contributed by atoms with E-state index in [9.17, 15) is 9.59 Å². The van der Waals surface area contributed by atoms with E-state index in [0.29, 0.717) is 26.1 Å². The van der Waals surface area contributed by atoms with E-state index < -0.39 is 5.97 Å². The predicted octanol–water partition coefficient (Wildman–Crippen LogP) is 2.27. The topological polar surface area (TPSA) is 69.6 Å². The van der Waals surface area contributed by atoms with Gasteiger partial charge < -0.3 is 15.3 Å². The van der Waals surface area contributed by atoms with Gasteiger partial charge in [0, 0.05) is 31.1 Å². The van der Waals surface area contributed by atoms with Gasteiger partial charge in [-0.15, -0.1) is 0 Å². The first-order valence-corrected chi connectivity index (χ1v) is 6.96. The van der Waals surface area contributed by atoms with Crippen LogP contribution in [0.1, 0.15) is 24.0 Å². The number of amides is 2. The van der Waals surface area contributed by atoms with Crippen molar-refractivity contribution in [3.8, 4) is 0 Å². The number of carboxylic acid groups (broad SMARTS) is 1. The molecule has 1 aromatic rings. The molecule has 0 spiro atoms. The van der Waals surface area contributed by atoms with Crippen molar-refractivity contribution in [1.29, 1.82) is 0 Å². The number of benzene rings is 1.